The lowest BCUT2D eigenvalue weighted by atomic mass is 10.1. The lowest BCUT2D eigenvalue weighted by Crippen LogP contribution is -2.32. The number of anilines is 1. The van der Waals surface area contributed by atoms with Gasteiger partial charge in [-0.05, 0) is 41.5 Å². The molecule has 1 unspecified atom stereocenters. The highest BCUT2D eigenvalue weighted by molar-refractivity contribution is 5.99. The number of nitrogens with zero attached hydrogens (tertiary/aromatic N) is 1. The van der Waals surface area contributed by atoms with Crippen LogP contribution in [0.1, 0.15) is 23.7 Å². The fourth-order valence-corrected chi connectivity index (χ4v) is 2.49. The van der Waals surface area contributed by atoms with E-state index in [9.17, 15) is 9.59 Å². The van der Waals surface area contributed by atoms with Crippen molar-refractivity contribution in [1.82, 2.24) is 4.98 Å². The summed E-state index contributed by atoms with van der Waals surface area (Å²) in [6.45, 7) is 1.79. The fourth-order valence-electron chi connectivity index (χ4n) is 2.49. The molecule has 25 heavy (non-hydrogen) atoms. The lowest BCUT2D eigenvalue weighted by molar-refractivity contribution is -0.124. The summed E-state index contributed by atoms with van der Waals surface area (Å²) < 4.78 is 5.32. The van der Waals surface area contributed by atoms with E-state index in [4.69, 9.17) is 4.74 Å². The summed E-state index contributed by atoms with van der Waals surface area (Å²) in [4.78, 5) is 28.4. The molecule has 0 bridgehead atoms. The van der Waals surface area contributed by atoms with Crippen molar-refractivity contribution >= 4 is 28.3 Å². The van der Waals surface area contributed by atoms with E-state index in [2.05, 4.69) is 10.3 Å². The average molecular weight is 334 g/mol. The highest BCUT2D eigenvalue weighted by atomic mass is 16.5. The van der Waals surface area contributed by atoms with Gasteiger partial charge in [-0.3, -0.25) is 9.78 Å². The minimum atomic E-state index is -0.862. The quantitative estimate of drug-likeness (QED) is 0.721. The van der Waals surface area contributed by atoms with Crippen LogP contribution in [-0.2, 0) is 9.53 Å². The van der Waals surface area contributed by atoms with Crippen molar-refractivity contribution in [2.75, 3.05) is 5.32 Å². The standard InChI is InChI=1S/C20H18N2O3/c1-2-18(25-20(24)16-8-5-11-21-13-16)19(23)22-17-10-9-14-6-3-4-7-15(14)12-17/h3-13,18H,2H2,1H3,(H,22,23). The molecule has 0 aliphatic carbocycles. The number of esters is 1. The molecular weight excluding hydrogens is 316 g/mol. The predicted molar refractivity (Wildman–Crippen MR) is 96.3 cm³/mol. The Morgan fingerprint density at radius 3 is 2.60 bits per heavy atom. The minimum absolute atomic E-state index is 0.319. The third kappa shape index (κ3) is 4.01. The van der Waals surface area contributed by atoms with Crippen molar-refractivity contribution in [2.45, 2.75) is 19.4 Å². The summed E-state index contributed by atoms with van der Waals surface area (Å²) in [6, 6.07) is 16.8. The summed E-state index contributed by atoms with van der Waals surface area (Å²) in [7, 11) is 0. The SMILES string of the molecule is CCC(OC(=O)c1cccnc1)C(=O)Nc1ccc2ccccc2c1. The highest BCUT2D eigenvalue weighted by Crippen LogP contribution is 2.19. The Hall–Kier alpha value is -3.21. The van der Waals surface area contributed by atoms with Crippen LogP contribution in [0.25, 0.3) is 10.8 Å². The molecule has 0 aliphatic heterocycles. The first-order valence-electron chi connectivity index (χ1n) is 8.08. The molecule has 1 atom stereocenters. The summed E-state index contributed by atoms with van der Waals surface area (Å²) in [5.41, 5.74) is 0.985. The van der Waals surface area contributed by atoms with Gasteiger partial charge in [0, 0.05) is 18.1 Å². The summed E-state index contributed by atoms with van der Waals surface area (Å²) >= 11 is 0. The molecule has 126 valence electrons. The van der Waals surface area contributed by atoms with Crippen molar-refractivity contribution in [3.8, 4) is 0 Å². The van der Waals surface area contributed by atoms with E-state index in [0.717, 1.165) is 10.8 Å². The molecule has 0 radical (unpaired) electrons. The van der Waals surface area contributed by atoms with Crippen LogP contribution in [0.3, 0.4) is 0 Å². The van der Waals surface area contributed by atoms with Gasteiger partial charge in [-0.25, -0.2) is 4.79 Å². The number of nitrogens with one attached hydrogen (secondary N) is 1. The van der Waals surface area contributed by atoms with Crippen LogP contribution in [0.4, 0.5) is 5.69 Å². The first-order valence-corrected chi connectivity index (χ1v) is 8.08. The predicted octanol–water partition coefficient (Wildman–Crippen LogP) is 3.81. The number of fused-ring (bicyclic) bond motifs is 1. The summed E-state index contributed by atoms with van der Waals surface area (Å²) in [5, 5.41) is 4.93. The number of hydrogen-bond acceptors (Lipinski definition) is 4. The smallest absolute Gasteiger partial charge is 0.340 e. The monoisotopic (exact) mass is 334 g/mol. The number of benzene rings is 2. The number of ether oxygens (including phenoxy) is 1. The second-order valence-electron chi connectivity index (χ2n) is 5.60. The van der Waals surface area contributed by atoms with Gasteiger partial charge in [0.1, 0.15) is 0 Å². The van der Waals surface area contributed by atoms with Crippen molar-refractivity contribution in [1.29, 1.82) is 0 Å². The molecule has 0 fully saturated rings. The number of amides is 1. The third-order valence-corrected chi connectivity index (χ3v) is 3.83. The zero-order chi connectivity index (χ0) is 17.6. The van der Waals surface area contributed by atoms with Crippen LogP contribution in [-0.4, -0.2) is 23.0 Å². The second kappa shape index (κ2) is 7.57. The zero-order valence-corrected chi connectivity index (χ0v) is 13.8. The molecule has 2 aromatic carbocycles. The van der Waals surface area contributed by atoms with Gasteiger partial charge in [0.2, 0.25) is 0 Å². The number of aromatic nitrogens is 1. The Morgan fingerprint density at radius 1 is 1.08 bits per heavy atom. The topological polar surface area (TPSA) is 68.3 Å². The van der Waals surface area contributed by atoms with E-state index in [1.165, 1.54) is 6.20 Å². The molecule has 1 N–H and O–H groups in total. The second-order valence-corrected chi connectivity index (χ2v) is 5.60. The Labute approximate surface area is 145 Å². The number of pyridine rings is 1. The van der Waals surface area contributed by atoms with Crippen LogP contribution in [0.2, 0.25) is 0 Å². The van der Waals surface area contributed by atoms with Crippen molar-refractivity contribution in [2.24, 2.45) is 0 Å². The van der Waals surface area contributed by atoms with E-state index in [1.807, 2.05) is 42.5 Å². The zero-order valence-electron chi connectivity index (χ0n) is 13.8. The molecule has 3 rings (SSSR count). The van der Waals surface area contributed by atoms with E-state index in [0.29, 0.717) is 17.7 Å². The van der Waals surface area contributed by atoms with Crippen molar-refractivity contribution in [3.63, 3.8) is 0 Å². The normalized spacial score (nSPS) is 11.7. The van der Waals surface area contributed by atoms with Gasteiger partial charge >= 0.3 is 5.97 Å². The fraction of sp³-hybridized carbons (Fsp3) is 0.150. The van der Waals surface area contributed by atoms with Gasteiger partial charge in [0.25, 0.3) is 5.91 Å². The molecule has 1 aromatic heterocycles. The highest BCUT2D eigenvalue weighted by Gasteiger charge is 2.22. The first-order chi connectivity index (χ1) is 12.2. The van der Waals surface area contributed by atoms with Crippen LogP contribution in [0.15, 0.2) is 67.0 Å². The molecule has 0 spiro atoms. The van der Waals surface area contributed by atoms with E-state index < -0.39 is 12.1 Å². The molecule has 0 saturated carbocycles. The molecule has 1 heterocycles. The molecule has 0 saturated heterocycles. The van der Waals surface area contributed by atoms with Gasteiger partial charge in [-0.1, -0.05) is 37.3 Å². The Morgan fingerprint density at radius 2 is 1.88 bits per heavy atom. The number of hydrogen-bond donors (Lipinski definition) is 1. The van der Waals surface area contributed by atoms with E-state index >= 15 is 0 Å². The van der Waals surface area contributed by atoms with Crippen molar-refractivity contribution in [3.05, 3.63) is 72.6 Å². The van der Waals surface area contributed by atoms with Crippen LogP contribution in [0.5, 0.6) is 0 Å². The summed E-state index contributed by atoms with van der Waals surface area (Å²) in [6.07, 6.45) is 2.50. The Bertz CT molecular complexity index is 894. The van der Waals surface area contributed by atoms with E-state index in [-0.39, 0.29) is 5.91 Å². The lowest BCUT2D eigenvalue weighted by Gasteiger charge is -2.16. The number of carbonyl (C=O) groups excluding carboxylic acids is 2. The summed E-state index contributed by atoms with van der Waals surface area (Å²) in [5.74, 6) is -0.913. The van der Waals surface area contributed by atoms with Crippen LogP contribution in [0, 0.1) is 0 Å². The van der Waals surface area contributed by atoms with E-state index in [1.54, 1.807) is 25.3 Å². The molecule has 0 aliphatic rings. The maximum absolute atomic E-state index is 12.4. The first kappa shape index (κ1) is 16.6. The molecule has 5 heteroatoms. The minimum Gasteiger partial charge on any atom is -0.449 e. The van der Waals surface area contributed by atoms with Gasteiger partial charge < -0.3 is 10.1 Å². The van der Waals surface area contributed by atoms with Crippen LogP contribution < -0.4 is 5.32 Å². The van der Waals surface area contributed by atoms with Gasteiger partial charge in [0.15, 0.2) is 6.10 Å². The maximum atomic E-state index is 12.4. The van der Waals surface area contributed by atoms with Crippen molar-refractivity contribution < 1.29 is 14.3 Å². The molecular formula is C20H18N2O3. The number of carbonyl (C=O) groups is 2. The van der Waals surface area contributed by atoms with Crippen LogP contribution >= 0.6 is 0 Å². The molecule has 3 aromatic rings. The maximum Gasteiger partial charge on any atom is 0.340 e. The average Bonchev–Trinajstić information content (AvgIpc) is 2.66. The van der Waals surface area contributed by atoms with Gasteiger partial charge in [0.05, 0.1) is 5.56 Å². The largest absolute Gasteiger partial charge is 0.449 e. The Balaban J connectivity index is 1.70. The Kier molecular flexibility index (Phi) is 5.04. The molecule has 1 amide bonds. The third-order valence-electron chi connectivity index (χ3n) is 3.83. The van der Waals surface area contributed by atoms with Gasteiger partial charge in [-0.15, -0.1) is 0 Å². The van der Waals surface area contributed by atoms with Gasteiger partial charge in [-0.2, -0.15) is 0 Å². The molecule has 5 nitrogen and oxygen atoms in total. The number of rotatable bonds is 5.